The number of nitrogens with one attached hydrogen (secondary N) is 1. The van der Waals surface area contributed by atoms with E-state index in [-0.39, 0.29) is 16.8 Å². The van der Waals surface area contributed by atoms with Crippen molar-refractivity contribution in [3.05, 3.63) is 78.2 Å². The van der Waals surface area contributed by atoms with Crippen LogP contribution in [0.2, 0.25) is 0 Å². The van der Waals surface area contributed by atoms with E-state index in [0.29, 0.717) is 17.0 Å². The van der Waals surface area contributed by atoms with Gasteiger partial charge in [-0.3, -0.25) is 0 Å². The Labute approximate surface area is 192 Å². The van der Waals surface area contributed by atoms with Crippen molar-refractivity contribution < 1.29 is 32.1 Å². The second-order valence-corrected chi connectivity index (χ2v) is 7.53. The van der Waals surface area contributed by atoms with Crippen LogP contribution >= 0.6 is 0 Å². The Hall–Kier alpha value is -3.79. The maximum atomic E-state index is 14.3. The largest absolute Gasteiger partial charge is 0.497 e. The first-order valence-corrected chi connectivity index (χ1v) is 10.2. The van der Waals surface area contributed by atoms with Crippen LogP contribution in [-0.4, -0.2) is 41.8 Å². The molecule has 0 aliphatic carbocycles. The predicted molar refractivity (Wildman–Crippen MR) is 119 cm³/mol. The van der Waals surface area contributed by atoms with Gasteiger partial charge in [-0.2, -0.15) is 18.3 Å². The first-order valence-electron chi connectivity index (χ1n) is 10.2. The van der Waals surface area contributed by atoms with Gasteiger partial charge in [0.1, 0.15) is 23.0 Å². The van der Waals surface area contributed by atoms with Crippen molar-refractivity contribution in [2.75, 3.05) is 26.1 Å². The second-order valence-electron chi connectivity index (χ2n) is 7.53. The van der Waals surface area contributed by atoms with Gasteiger partial charge in [-0.25, -0.2) is 9.07 Å². The van der Waals surface area contributed by atoms with Gasteiger partial charge in [0.05, 0.1) is 37.7 Å². The molecular formula is C24H21F4N3O3. The van der Waals surface area contributed by atoms with E-state index in [0.717, 1.165) is 0 Å². The zero-order chi connectivity index (χ0) is 24.5. The van der Waals surface area contributed by atoms with E-state index in [1.165, 1.54) is 61.4 Å². The van der Waals surface area contributed by atoms with Gasteiger partial charge in [0, 0.05) is 11.5 Å². The van der Waals surface area contributed by atoms with Crippen LogP contribution in [0.4, 0.5) is 23.2 Å². The van der Waals surface area contributed by atoms with Gasteiger partial charge in [0.25, 0.3) is 0 Å². The van der Waals surface area contributed by atoms with Crippen molar-refractivity contribution in [1.29, 1.82) is 0 Å². The predicted octanol–water partition coefficient (Wildman–Crippen LogP) is 5.04. The van der Waals surface area contributed by atoms with E-state index in [4.69, 9.17) is 9.47 Å². The van der Waals surface area contributed by atoms with Crippen molar-refractivity contribution in [2.45, 2.75) is 11.8 Å². The highest BCUT2D eigenvalue weighted by atomic mass is 19.4. The molecule has 34 heavy (non-hydrogen) atoms. The number of fused-ring (bicyclic) bond motifs is 1. The maximum absolute atomic E-state index is 14.3. The minimum atomic E-state index is -5.08. The van der Waals surface area contributed by atoms with Gasteiger partial charge >= 0.3 is 6.18 Å². The van der Waals surface area contributed by atoms with E-state index in [1.54, 1.807) is 24.3 Å². The van der Waals surface area contributed by atoms with Gasteiger partial charge in [-0.05, 0) is 42.5 Å². The normalized spacial score (nSPS) is 13.5. The second kappa shape index (κ2) is 8.86. The Morgan fingerprint density at radius 2 is 1.68 bits per heavy atom. The molecule has 6 nitrogen and oxygen atoms in total. The summed E-state index contributed by atoms with van der Waals surface area (Å²) < 4.78 is 68.0. The molecule has 10 heteroatoms. The Morgan fingerprint density at radius 1 is 0.971 bits per heavy atom. The first-order chi connectivity index (χ1) is 16.2. The molecule has 1 aromatic heterocycles. The number of aromatic nitrogens is 2. The van der Waals surface area contributed by atoms with Crippen LogP contribution in [-0.2, 0) is 5.60 Å². The van der Waals surface area contributed by atoms with Crippen LogP contribution in [0.3, 0.4) is 0 Å². The number of ether oxygens (including phenoxy) is 2. The summed E-state index contributed by atoms with van der Waals surface area (Å²) in [6, 6.07) is 15.9. The molecule has 4 aromatic rings. The molecule has 1 heterocycles. The van der Waals surface area contributed by atoms with Gasteiger partial charge < -0.3 is 19.9 Å². The van der Waals surface area contributed by atoms with Crippen LogP contribution in [0.15, 0.2) is 66.7 Å². The standard InChI is InChI=1S/C24H21F4N3O3/c1-33-17-11-12-19(21(13-17)34-2)29-14-23(32,24(26,27)28)22-18-5-3-4-6-20(18)31(30-22)16-9-7-15(25)8-10-16/h3-13,29,32H,14H2,1-2H3. The Kier molecular flexibility index (Phi) is 6.09. The summed E-state index contributed by atoms with van der Waals surface area (Å²) >= 11 is 0. The topological polar surface area (TPSA) is 68.5 Å². The SMILES string of the molecule is COc1ccc(NCC(O)(c2nn(-c3ccc(F)cc3)c3ccccc23)C(F)(F)F)c(OC)c1. The van der Waals surface area contributed by atoms with Crippen LogP contribution in [0.1, 0.15) is 5.69 Å². The third kappa shape index (κ3) is 4.12. The molecule has 1 unspecified atom stereocenters. The molecular weight excluding hydrogens is 454 g/mol. The van der Waals surface area contributed by atoms with E-state index >= 15 is 0 Å². The molecule has 2 N–H and O–H groups in total. The molecule has 0 aliphatic heterocycles. The lowest BCUT2D eigenvalue weighted by molar-refractivity contribution is -0.261. The molecule has 3 aromatic carbocycles. The number of methoxy groups -OCH3 is 2. The van der Waals surface area contributed by atoms with Crippen LogP contribution in [0.25, 0.3) is 16.6 Å². The lowest BCUT2D eigenvalue weighted by atomic mass is 9.95. The molecule has 0 aliphatic rings. The zero-order valence-electron chi connectivity index (χ0n) is 18.2. The molecule has 0 saturated carbocycles. The van der Waals surface area contributed by atoms with E-state index in [9.17, 15) is 22.7 Å². The molecule has 4 rings (SSSR count). The quantitative estimate of drug-likeness (QED) is 0.367. The number of hydrogen-bond donors (Lipinski definition) is 2. The number of anilines is 1. The summed E-state index contributed by atoms with van der Waals surface area (Å²) in [5.41, 5.74) is -3.04. The highest BCUT2D eigenvalue weighted by molar-refractivity contribution is 5.84. The van der Waals surface area contributed by atoms with E-state index < -0.39 is 29.8 Å². The lowest BCUT2D eigenvalue weighted by Gasteiger charge is -2.30. The number of nitrogens with zero attached hydrogens (tertiary/aromatic N) is 2. The fourth-order valence-electron chi connectivity index (χ4n) is 3.64. The summed E-state index contributed by atoms with van der Waals surface area (Å²) in [5.74, 6) is 0.202. The third-order valence-electron chi connectivity index (χ3n) is 5.46. The van der Waals surface area contributed by atoms with Crippen LogP contribution in [0.5, 0.6) is 11.5 Å². The molecule has 0 fully saturated rings. The molecule has 1 atom stereocenters. The summed E-state index contributed by atoms with van der Waals surface area (Å²) in [4.78, 5) is 0. The molecule has 0 spiro atoms. The summed E-state index contributed by atoms with van der Waals surface area (Å²) in [7, 11) is 2.82. The highest BCUT2D eigenvalue weighted by Gasteiger charge is 2.57. The van der Waals surface area contributed by atoms with E-state index in [2.05, 4.69) is 10.4 Å². The first kappa shape index (κ1) is 23.4. The van der Waals surface area contributed by atoms with Crippen molar-refractivity contribution >= 4 is 16.6 Å². The maximum Gasteiger partial charge on any atom is 0.424 e. The summed E-state index contributed by atoms with van der Waals surface area (Å²) in [6.45, 7) is -0.941. The lowest BCUT2D eigenvalue weighted by Crippen LogP contribution is -2.48. The van der Waals surface area contributed by atoms with Crippen molar-refractivity contribution in [1.82, 2.24) is 9.78 Å². The minimum Gasteiger partial charge on any atom is -0.497 e. The Bertz CT molecular complexity index is 1310. The van der Waals surface area contributed by atoms with Crippen LogP contribution in [0, 0.1) is 5.82 Å². The summed E-state index contributed by atoms with van der Waals surface area (Å²) in [5, 5.41) is 17.9. The number of para-hydroxylation sites is 1. The minimum absolute atomic E-state index is 0.107. The van der Waals surface area contributed by atoms with Crippen molar-refractivity contribution in [3.8, 4) is 17.2 Å². The molecule has 0 amide bonds. The van der Waals surface area contributed by atoms with E-state index in [1.807, 2.05) is 0 Å². The average molecular weight is 475 g/mol. The fraction of sp³-hybridized carbons (Fsp3) is 0.208. The fourth-order valence-corrected chi connectivity index (χ4v) is 3.64. The zero-order valence-corrected chi connectivity index (χ0v) is 18.2. The Balaban J connectivity index is 1.81. The smallest absolute Gasteiger partial charge is 0.424 e. The number of hydrogen-bond acceptors (Lipinski definition) is 5. The monoisotopic (exact) mass is 475 g/mol. The Morgan fingerprint density at radius 3 is 2.32 bits per heavy atom. The number of alkyl halides is 3. The van der Waals surface area contributed by atoms with Crippen molar-refractivity contribution in [2.24, 2.45) is 0 Å². The van der Waals surface area contributed by atoms with Gasteiger partial charge in [-0.1, -0.05) is 18.2 Å². The molecule has 0 saturated heterocycles. The molecule has 178 valence electrons. The van der Waals surface area contributed by atoms with Crippen molar-refractivity contribution in [3.63, 3.8) is 0 Å². The van der Waals surface area contributed by atoms with Crippen LogP contribution < -0.4 is 14.8 Å². The summed E-state index contributed by atoms with van der Waals surface area (Å²) in [6.07, 6.45) is -5.08. The highest BCUT2D eigenvalue weighted by Crippen LogP contribution is 2.42. The average Bonchev–Trinajstić information content (AvgIpc) is 3.22. The number of benzene rings is 3. The molecule has 0 radical (unpaired) electrons. The van der Waals surface area contributed by atoms with Gasteiger partial charge in [0.15, 0.2) is 0 Å². The number of rotatable bonds is 7. The van der Waals surface area contributed by atoms with Gasteiger partial charge in [0.2, 0.25) is 5.60 Å². The number of halogens is 4. The molecule has 0 bridgehead atoms. The third-order valence-corrected chi connectivity index (χ3v) is 5.46. The van der Waals surface area contributed by atoms with Gasteiger partial charge in [-0.15, -0.1) is 0 Å². The number of aliphatic hydroxyl groups is 1.